The Morgan fingerprint density at radius 1 is 1.31 bits per heavy atom. The summed E-state index contributed by atoms with van der Waals surface area (Å²) in [6.45, 7) is 1.54. The van der Waals surface area contributed by atoms with Crippen LogP contribution in [-0.2, 0) is 10.3 Å². The molecule has 1 aliphatic heterocycles. The third-order valence-corrected chi connectivity index (χ3v) is 5.40. The Bertz CT molecular complexity index is 1090. The van der Waals surface area contributed by atoms with Crippen molar-refractivity contribution in [3.8, 4) is 5.75 Å². The number of carbonyl (C=O) groups excluding carboxylic acids is 1. The van der Waals surface area contributed by atoms with E-state index >= 15 is 0 Å². The number of aromatic nitrogens is 1. The fourth-order valence-corrected chi connectivity index (χ4v) is 3.28. The summed E-state index contributed by atoms with van der Waals surface area (Å²) in [5.74, 6) is -1.93. The van der Waals surface area contributed by atoms with Gasteiger partial charge in [-0.3, -0.25) is 9.79 Å². The van der Waals surface area contributed by atoms with Crippen LogP contribution in [0.3, 0.4) is 0 Å². The van der Waals surface area contributed by atoms with Gasteiger partial charge in [0.2, 0.25) is 5.60 Å². The van der Waals surface area contributed by atoms with E-state index < -0.39 is 41.5 Å². The molecule has 2 unspecified atom stereocenters. The largest absolute Gasteiger partial charge is 0.495 e. The summed E-state index contributed by atoms with van der Waals surface area (Å²) in [5, 5.41) is 2.55. The van der Waals surface area contributed by atoms with Gasteiger partial charge < -0.3 is 20.5 Å². The molecule has 32 heavy (non-hydrogen) atoms. The molecule has 2 atom stereocenters. The molecule has 12 heteroatoms. The van der Waals surface area contributed by atoms with Gasteiger partial charge in [0.15, 0.2) is 0 Å². The van der Waals surface area contributed by atoms with E-state index in [1.807, 2.05) is 0 Å². The number of nitrogens with one attached hydrogen (secondary N) is 1. The van der Waals surface area contributed by atoms with E-state index in [2.05, 4.69) is 15.3 Å². The van der Waals surface area contributed by atoms with Gasteiger partial charge in [0, 0.05) is 17.3 Å². The van der Waals surface area contributed by atoms with Crippen molar-refractivity contribution in [3.63, 3.8) is 0 Å². The fourth-order valence-electron chi connectivity index (χ4n) is 3.03. The number of benzene rings is 1. The van der Waals surface area contributed by atoms with Gasteiger partial charge in [0.25, 0.3) is 5.91 Å². The molecule has 1 aliphatic rings. The predicted octanol–water partition coefficient (Wildman–Crippen LogP) is 4.06. The monoisotopic (exact) mass is 474 g/mol. The minimum atomic E-state index is -4.80. The normalized spacial score (nSPS) is 23.4. The zero-order valence-corrected chi connectivity index (χ0v) is 17.9. The Morgan fingerprint density at radius 3 is 2.56 bits per heavy atom. The minimum absolute atomic E-state index is 0.0284. The number of methoxy groups -OCH3 is 1. The van der Waals surface area contributed by atoms with Crippen molar-refractivity contribution in [2.24, 2.45) is 10.7 Å². The maximum atomic E-state index is 14.6. The van der Waals surface area contributed by atoms with E-state index in [0.29, 0.717) is 5.75 Å². The van der Waals surface area contributed by atoms with Crippen molar-refractivity contribution >= 4 is 29.0 Å². The van der Waals surface area contributed by atoms with Crippen molar-refractivity contribution < 1.29 is 31.8 Å². The number of amidine groups is 1. The number of carbonyl (C=O) groups is 1. The minimum Gasteiger partial charge on any atom is -0.495 e. The summed E-state index contributed by atoms with van der Waals surface area (Å²) < 4.78 is 64.6. The lowest BCUT2D eigenvalue weighted by Gasteiger charge is -2.41. The van der Waals surface area contributed by atoms with Gasteiger partial charge in [-0.2, -0.15) is 13.2 Å². The average molecular weight is 475 g/mol. The zero-order valence-electron chi connectivity index (χ0n) is 17.2. The van der Waals surface area contributed by atoms with E-state index in [9.17, 15) is 22.4 Å². The van der Waals surface area contributed by atoms with Gasteiger partial charge in [0.05, 0.1) is 24.9 Å². The first-order valence-electron chi connectivity index (χ1n) is 9.18. The second kappa shape index (κ2) is 8.21. The second-order valence-corrected chi connectivity index (χ2v) is 7.85. The highest BCUT2D eigenvalue weighted by Crippen LogP contribution is 2.41. The third-order valence-electron chi connectivity index (χ3n) is 5.11. The van der Waals surface area contributed by atoms with Crippen LogP contribution in [0.1, 0.15) is 29.9 Å². The van der Waals surface area contributed by atoms with Crippen LogP contribution >= 0.6 is 11.6 Å². The molecule has 0 aliphatic carbocycles. The molecule has 0 saturated carbocycles. The van der Waals surface area contributed by atoms with E-state index in [-0.39, 0.29) is 22.0 Å². The summed E-state index contributed by atoms with van der Waals surface area (Å²) in [6.07, 6.45) is -3.51. The average Bonchev–Trinajstić information content (AvgIpc) is 2.71. The molecule has 3 rings (SSSR count). The van der Waals surface area contributed by atoms with Crippen LogP contribution in [0.2, 0.25) is 5.02 Å². The number of rotatable bonds is 4. The van der Waals surface area contributed by atoms with E-state index in [0.717, 1.165) is 13.0 Å². The van der Waals surface area contributed by atoms with Crippen molar-refractivity contribution in [1.29, 1.82) is 0 Å². The van der Waals surface area contributed by atoms with Gasteiger partial charge in [-0.05, 0) is 32.0 Å². The highest BCUT2D eigenvalue weighted by atomic mass is 35.5. The number of halogens is 5. The summed E-state index contributed by atoms with van der Waals surface area (Å²) in [5.41, 5.74) is 1.15. The molecule has 3 N–H and O–H groups in total. The molecular formula is C20H19ClF4N4O3. The summed E-state index contributed by atoms with van der Waals surface area (Å²) in [7, 11) is 1.41. The van der Waals surface area contributed by atoms with Crippen LogP contribution < -0.4 is 15.8 Å². The molecule has 0 fully saturated rings. The van der Waals surface area contributed by atoms with Crippen LogP contribution in [0.4, 0.5) is 23.2 Å². The maximum absolute atomic E-state index is 14.6. The Hall–Kier alpha value is -2.92. The quantitative estimate of drug-likeness (QED) is 0.651. The first-order valence-corrected chi connectivity index (χ1v) is 9.56. The standard InChI is InChI=1S/C20H19ClF4N4O3/c1-18(9-32-19(2,17(26)29-18)20(23,24)25)12-6-10(4-5-14(12)22)28-16(30)15-13(21)7-11(31-3)8-27-15/h4-8H,9H2,1-3H3,(H2,26,29)(H,28,30). The molecule has 0 radical (unpaired) electrons. The molecule has 1 aromatic carbocycles. The molecule has 7 nitrogen and oxygen atoms in total. The Labute approximate surface area is 185 Å². The molecule has 172 valence electrons. The zero-order chi connectivity index (χ0) is 23.9. The Balaban J connectivity index is 1.92. The van der Waals surface area contributed by atoms with Gasteiger partial charge in [-0.15, -0.1) is 0 Å². The number of nitrogens with two attached hydrogens (primary N) is 1. The second-order valence-electron chi connectivity index (χ2n) is 7.44. The number of hydrogen-bond donors (Lipinski definition) is 2. The fraction of sp³-hybridized carbons (Fsp3) is 0.350. The van der Waals surface area contributed by atoms with E-state index in [4.69, 9.17) is 26.8 Å². The number of hydrogen-bond acceptors (Lipinski definition) is 6. The van der Waals surface area contributed by atoms with Crippen molar-refractivity contribution in [2.75, 3.05) is 19.0 Å². The number of nitrogens with zero attached hydrogens (tertiary/aromatic N) is 2. The highest BCUT2D eigenvalue weighted by Gasteiger charge is 2.59. The molecule has 1 aromatic heterocycles. The molecule has 2 heterocycles. The van der Waals surface area contributed by atoms with Gasteiger partial charge >= 0.3 is 6.18 Å². The summed E-state index contributed by atoms with van der Waals surface area (Å²) in [6, 6.07) is 4.95. The lowest BCUT2D eigenvalue weighted by Crippen LogP contribution is -2.60. The lowest BCUT2D eigenvalue weighted by atomic mass is 9.89. The first kappa shape index (κ1) is 23.7. The number of ether oxygens (including phenoxy) is 2. The Kier molecular flexibility index (Phi) is 6.09. The number of aliphatic imine (C=N–C) groups is 1. The van der Waals surface area contributed by atoms with Crippen LogP contribution in [0.5, 0.6) is 5.75 Å². The third kappa shape index (κ3) is 4.22. The van der Waals surface area contributed by atoms with Gasteiger partial charge in [-0.25, -0.2) is 9.37 Å². The van der Waals surface area contributed by atoms with E-state index in [1.165, 1.54) is 38.4 Å². The first-order chi connectivity index (χ1) is 14.8. The van der Waals surface area contributed by atoms with E-state index in [1.54, 1.807) is 0 Å². The molecule has 0 spiro atoms. The molecule has 2 aromatic rings. The molecule has 1 amide bonds. The lowest BCUT2D eigenvalue weighted by molar-refractivity contribution is -0.249. The number of anilines is 1. The van der Waals surface area contributed by atoms with Crippen molar-refractivity contribution in [3.05, 3.63) is 52.6 Å². The van der Waals surface area contributed by atoms with Crippen LogP contribution in [0.15, 0.2) is 35.5 Å². The van der Waals surface area contributed by atoms with Crippen LogP contribution in [0, 0.1) is 5.82 Å². The summed E-state index contributed by atoms with van der Waals surface area (Å²) in [4.78, 5) is 20.4. The summed E-state index contributed by atoms with van der Waals surface area (Å²) >= 11 is 6.05. The topological polar surface area (TPSA) is 98.8 Å². The molecule has 0 saturated heterocycles. The molecule has 0 bridgehead atoms. The number of amides is 1. The number of pyridine rings is 1. The van der Waals surface area contributed by atoms with Gasteiger partial charge in [-0.1, -0.05) is 11.6 Å². The van der Waals surface area contributed by atoms with Crippen LogP contribution in [-0.4, -0.2) is 42.2 Å². The smallest absolute Gasteiger partial charge is 0.424 e. The predicted molar refractivity (Wildman–Crippen MR) is 110 cm³/mol. The number of alkyl halides is 3. The Morgan fingerprint density at radius 2 is 2.00 bits per heavy atom. The van der Waals surface area contributed by atoms with Gasteiger partial charge in [0.1, 0.15) is 28.6 Å². The maximum Gasteiger partial charge on any atom is 0.424 e. The van der Waals surface area contributed by atoms with Crippen LogP contribution in [0.25, 0.3) is 0 Å². The SMILES string of the molecule is COc1cnc(C(=O)Nc2ccc(F)c(C3(C)COC(C)(C(F)(F)F)C(N)=N3)c2)c(Cl)c1. The highest BCUT2D eigenvalue weighted by molar-refractivity contribution is 6.34. The van der Waals surface area contributed by atoms with Crippen molar-refractivity contribution in [2.45, 2.75) is 31.2 Å². The molecular weight excluding hydrogens is 456 g/mol. The van der Waals surface area contributed by atoms with Crippen molar-refractivity contribution in [1.82, 2.24) is 4.98 Å².